The van der Waals surface area contributed by atoms with Crippen LogP contribution in [0.3, 0.4) is 0 Å². The molecule has 2 rings (SSSR count). The number of phenols is 1. The third kappa shape index (κ3) is 3.16. The monoisotopic (exact) mass is 250 g/mol. The van der Waals surface area contributed by atoms with Crippen molar-refractivity contribution in [2.45, 2.75) is 51.7 Å². The van der Waals surface area contributed by atoms with Gasteiger partial charge >= 0.3 is 0 Å². The number of benzene rings is 1. The van der Waals surface area contributed by atoms with Gasteiger partial charge in [-0.15, -0.1) is 0 Å². The van der Waals surface area contributed by atoms with Crippen molar-refractivity contribution in [2.24, 2.45) is 0 Å². The molecule has 0 bridgehead atoms. The molecule has 100 valence electrons. The summed E-state index contributed by atoms with van der Waals surface area (Å²) in [7, 11) is 0. The highest BCUT2D eigenvalue weighted by Crippen LogP contribution is 2.35. The summed E-state index contributed by atoms with van der Waals surface area (Å²) in [5.41, 5.74) is 0.944. The van der Waals surface area contributed by atoms with Gasteiger partial charge in [0.05, 0.1) is 6.61 Å². The van der Waals surface area contributed by atoms with Gasteiger partial charge in [0, 0.05) is 12.0 Å². The number of hydrogen-bond acceptors (Lipinski definition) is 3. The first-order chi connectivity index (χ1) is 8.47. The maximum Gasteiger partial charge on any atom is 0.199 e. The summed E-state index contributed by atoms with van der Waals surface area (Å²) < 4.78 is 11.5. The van der Waals surface area contributed by atoms with Crippen molar-refractivity contribution in [1.29, 1.82) is 0 Å². The Morgan fingerprint density at radius 1 is 1.28 bits per heavy atom. The van der Waals surface area contributed by atoms with Crippen molar-refractivity contribution in [3.05, 3.63) is 23.8 Å². The summed E-state index contributed by atoms with van der Waals surface area (Å²) in [6, 6.07) is 5.26. The van der Waals surface area contributed by atoms with Crippen LogP contribution in [-0.2, 0) is 10.2 Å². The van der Waals surface area contributed by atoms with E-state index in [1.807, 2.05) is 6.07 Å². The van der Waals surface area contributed by atoms with E-state index in [0.717, 1.165) is 37.2 Å². The zero-order chi connectivity index (χ0) is 13.2. The minimum absolute atomic E-state index is 0.0667. The summed E-state index contributed by atoms with van der Waals surface area (Å²) in [6.07, 6.45) is 3.05. The molecule has 18 heavy (non-hydrogen) atoms. The number of rotatable bonds is 2. The third-order valence-electron chi connectivity index (χ3n) is 3.17. The Morgan fingerprint density at radius 3 is 2.67 bits per heavy atom. The van der Waals surface area contributed by atoms with Gasteiger partial charge in [0.25, 0.3) is 0 Å². The molecule has 0 aliphatic carbocycles. The highest BCUT2D eigenvalue weighted by molar-refractivity contribution is 5.43. The second-order valence-electron chi connectivity index (χ2n) is 5.84. The fraction of sp³-hybridized carbons (Fsp3) is 0.600. The second kappa shape index (κ2) is 5.19. The number of phenolic OH excluding ortho intramolecular Hbond substituents is 1. The third-order valence-corrected chi connectivity index (χ3v) is 3.17. The lowest BCUT2D eigenvalue weighted by Crippen LogP contribution is -2.26. The van der Waals surface area contributed by atoms with Crippen molar-refractivity contribution in [3.8, 4) is 11.5 Å². The summed E-state index contributed by atoms with van der Waals surface area (Å²) in [5, 5.41) is 9.62. The Bertz CT molecular complexity index is 401. The van der Waals surface area contributed by atoms with E-state index in [1.54, 1.807) is 12.1 Å². The van der Waals surface area contributed by atoms with Gasteiger partial charge in [0.1, 0.15) is 11.5 Å². The Morgan fingerprint density at radius 2 is 2.06 bits per heavy atom. The zero-order valence-corrected chi connectivity index (χ0v) is 11.4. The molecule has 1 aromatic carbocycles. The van der Waals surface area contributed by atoms with Crippen molar-refractivity contribution in [1.82, 2.24) is 0 Å². The second-order valence-corrected chi connectivity index (χ2v) is 5.84. The average Bonchev–Trinajstić information content (AvgIpc) is 2.31. The van der Waals surface area contributed by atoms with Crippen molar-refractivity contribution >= 4 is 0 Å². The molecule has 3 nitrogen and oxygen atoms in total. The highest BCUT2D eigenvalue weighted by Gasteiger charge is 2.23. The van der Waals surface area contributed by atoms with Gasteiger partial charge in [-0.25, -0.2) is 0 Å². The van der Waals surface area contributed by atoms with Crippen molar-refractivity contribution in [2.75, 3.05) is 6.61 Å². The van der Waals surface area contributed by atoms with Crippen LogP contribution < -0.4 is 4.74 Å². The van der Waals surface area contributed by atoms with Crippen LogP contribution in [0.25, 0.3) is 0 Å². The minimum atomic E-state index is -0.149. The fourth-order valence-electron chi connectivity index (χ4n) is 2.15. The van der Waals surface area contributed by atoms with Gasteiger partial charge in [0.15, 0.2) is 6.29 Å². The Hall–Kier alpha value is -1.22. The van der Waals surface area contributed by atoms with Crippen LogP contribution in [0.5, 0.6) is 11.5 Å². The topological polar surface area (TPSA) is 38.7 Å². The minimum Gasteiger partial charge on any atom is -0.508 e. The number of hydrogen-bond donors (Lipinski definition) is 1. The first-order valence-corrected chi connectivity index (χ1v) is 6.58. The average molecular weight is 250 g/mol. The smallest absolute Gasteiger partial charge is 0.199 e. The zero-order valence-electron chi connectivity index (χ0n) is 11.4. The van der Waals surface area contributed by atoms with Crippen LogP contribution in [0.15, 0.2) is 18.2 Å². The molecule has 0 amide bonds. The van der Waals surface area contributed by atoms with Gasteiger partial charge in [0.2, 0.25) is 0 Å². The van der Waals surface area contributed by atoms with Crippen LogP contribution in [0.4, 0.5) is 0 Å². The van der Waals surface area contributed by atoms with E-state index in [0.29, 0.717) is 0 Å². The predicted octanol–water partition coefficient (Wildman–Crippen LogP) is 3.60. The molecule has 0 spiro atoms. The molecule has 0 saturated carbocycles. The van der Waals surface area contributed by atoms with E-state index in [9.17, 15) is 5.11 Å². The van der Waals surface area contributed by atoms with Crippen molar-refractivity contribution < 1.29 is 14.6 Å². The molecule has 1 aliphatic heterocycles. The van der Waals surface area contributed by atoms with Crippen LogP contribution >= 0.6 is 0 Å². The predicted molar refractivity (Wildman–Crippen MR) is 71.0 cm³/mol. The van der Waals surface area contributed by atoms with Gasteiger partial charge in [-0.05, 0) is 36.5 Å². The molecular formula is C15H22O3. The van der Waals surface area contributed by atoms with Crippen molar-refractivity contribution in [3.63, 3.8) is 0 Å². The maximum atomic E-state index is 9.62. The van der Waals surface area contributed by atoms with Crippen LogP contribution in [0.2, 0.25) is 0 Å². The highest BCUT2D eigenvalue weighted by atomic mass is 16.7. The maximum absolute atomic E-state index is 9.62. The molecule has 0 unspecified atom stereocenters. The molecule has 1 saturated heterocycles. The summed E-state index contributed by atoms with van der Waals surface area (Å²) in [5.74, 6) is 1.09. The lowest BCUT2D eigenvalue weighted by molar-refractivity contribution is -0.106. The summed E-state index contributed by atoms with van der Waals surface area (Å²) >= 11 is 0. The molecule has 0 aromatic heterocycles. The fourth-order valence-corrected chi connectivity index (χ4v) is 2.15. The number of aromatic hydroxyl groups is 1. The lowest BCUT2D eigenvalue weighted by Gasteiger charge is -2.28. The van der Waals surface area contributed by atoms with Crippen LogP contribution in [0.1, 0.15) is 45.6 Å². The van der Waals surface area contributed by atoms with E-state index in [4.69, 9.17) is 9.47 Å². The quantitative estimate of drug-likeness (QED) is 0.871. The molecule has 1 aliphatic rings. The largest absolute Gasteiger partial charge is 0.508 e. The van der Waals surface area contributed by atoms with Crippen LogP contribution in [-0.4, -0.2) is 18.0 Å². The van der Waals surface area contributed by atoms with E-state index < -0.39 is 0 Å². The normalized spacial score (nSPS) is 20.7. The first-order valence-electron chi connectivity index (χ1n) is 6.58. The lowest BCUT2D eigenvalue weighted by atomic mass is 9.86. The first kappa shape index (κ1) is 13.2. The summed E-state index contributed by atoms with van der Waals surface area (Å²) in [4.78, 5) is 0. The standard InChI is InChI=1S/C15H22O3/c1-15(2,3)12-10-11(16)7-8-13(12)18-14-6-4-5-9-17-14/h7-8,10,14,16H,4-6,9H2,1-3H3/t14-/m1/s1. The van der Waals surface area contributed by atoms with Gasteiger partial charge in [-0.3, -0.25) is 0 Å². The summed E-state index contributed by atoms with van der Waals surface area (Å²) in [6.45, 7) is 7.09. The molecule has 1 atom stereocenters. The van der Waals surface area contributed by atoms with Gasteiger partial charge in [-0.1, -0.05) is 20.8 Å². The van der Waals surface area contributed by atoms with E-state index in [1.165, 1.54) is 0 Å². The molecule has 3 heteroatoms. The molecule has 1 aromatic rings. The number of ether oxygens (including phenoxy) is 2. The molecule has 1 N–H and O–H groups in total. The van der Waals surface area contributed by atoms with Crippen LogP contribution in [0, 0.1) is 0 Å². The van der Waals surface area contributed by atoms with Gasteiger partial charge < -0.3 is 14.6 Å². The SMILES string of the molecule is CC(C)(C)c1cc(O)ccc1O[C@@H]1CCCCO1. The van der Waals surface area contributed by atoms with E-state index in [-0.39, 0.29) is 17.5 Å². The Kier molecular flexibility index (Phi) is 3.81. The molecule has 1 heterocycles. The Balaban J connectivity index is 2.21. The van der Waals surface area contributed by atoms with Gasteiger partial charge in [-0.2, -0.15) is 0 Å². The Labute approximate surface area is 109 Å². The molecule has 1 fully saturated rings. The van der Waals surface area contributed by atoms with E-state index >= 15 is 0 Å². The molecular weight excluding hydrogens is 228 g/mol. The van der Waals surface area contributed by atoms with E-state index in [2.05, 4.69) is 20.8 Å². The molecule has 0 radical (unpaired) electrons.